The van der Waals surface area contributed by atoms with Gasteiger partial charge in [-0.15, -0.1) is 0 Å². The fourth-order valence-electron chi connectivity index (χ4n) is 3.28. The van der Waals surface area contributed by atoms with Crippen LogP contribution >= 0.6 is 0 Å². The van der Waals surface area contributed by atoms with Crippen molar-refractivity contribution >= 4 is 29.5 Å². The van der Waals surface area contributed by atoms with Gasteiger partial charge in [-0.25, -0.2) is 0 Å². The SMILES string of the molecule is CNCC(=O)N(C)CC(=O)N(C)CC(=O)N(C)CC(=O)N(C)CC(=O)NCCOCCOCCOCCOCCOCCN=[N+]=[N-]. The second kappa shape index (κ2) is 27.7. The molecule has 0 aliphatic rings. The standard InChI is InChI=1S/C27H51N9O10/c1-29-18-24(38)34(3)20-26(40)36(5)22-27(41)35(4)21-25(39)33(2)19-23(37)30-6-8-42-10-12-44-14-16-46-17-15-45-13-11-43-9-7-31-32-28/h29H,6-22H2,1-5H3,(H,30,37). The third kappa shape index (κ3) is 22.9. The summed E-state index contributed by atoms with van der Waals surface area (Å²) in [4.78, 5) is 68.8. The Kier molecular flexibility index (Phi) is 25.6. The van der Waals surface area contributed by atoms with Gasteiger partial charge in [-0.05, 0) is 12.6 Å². The summed E-state index contributed by atoms with van der Waals surface area (Å²) in [5, 5.41) is 8.72. The van der Waals surface area contributed by atoms with Crippen LogP contribution in [0.15, 0.2) is 5.11 Å². The molecule has 19 heteroatoms. The average Bonchev–Trinajstić information content (AvgIpc) is 3.01. The number of nitrogens with zero attached hydrogens (tertiary/aromatic N) is 7. The quantitative estimate of drug-likeness (QED) is 0.0388. The minimum Gasteiger partial charge on any atom is -0.379 e. The van der Waals surface area contributed by atoms with Crippen molar-refractivity contribution in [3.05, 3.63) is 10.4 Å². The molecule has 2 N–H and O–H groups in total. The zero-order valence-electron chi connectivity index (χ0n) is 27.7. The summed E-state index contributed by atoms with van der Waals surface area (Å²) < 4.78 is 26.7. The van der Waals surface area contributed by atoms with Crippen LogP contribution in [0.25, 0.3) is 10.4 Å². The molecule has 0 rings (SSSR count). The molecule has 46 heavy (non-hydrogen) atoms. The van der Waals surface area contributed by atoms with E-state index in [0.29, 0.717) is 66.0 Å². The van der Waals surface area contributed by atoms with E-state index in [1.807, 2.05) is 0 Å². The number of hydrogen-bond acceptors (Lipinski definition) is 12. The van der Waals surface area contributed by atoms with Crippen LogP contribution in [0.4, 0.5) is 0 Å². The van der Waals surface area contributed by atoms with Gasteiger partial charge in [-0.1, -0.05) is 5.11 Å². The molecule has 5 amide bonds. The van der Waals surface area contributed by atoms with Gasteiger partial charge in [0.15, 0.2) is 0 Å². The lowest BCUT2D eigenvalue weighted by atomic mass is 10.3. The highest BCUT2D eigenvalue weighted by atomic mass is 16.6. The molecule has 0 heterocycles. The Bertz CT molecular complexity index is 953. The highest BCUT2D eigenvalue weighted by Crippen LogP contribution is 1.96. The Balaban J connectivity index is 3.87. The largest absolute Gasteiger partial charge is 0.379 e. The molecule has 0 aliphatic carbocycles. The summed E-state index contributed by atoms with van der Waals surface area (Å²) in [5.41, 5.74) is 8.14. The summed E-state index contributed by atoms with van der Waals surface area (Å²) >= 11 is 0. The Labute approximate surface area is 270 Å². The van der Waals surface area contributed by atoms with Crippen LogP contribution in [0, 0.1) is 0 Å². The number of amides is 5. The maximum atomic E-state index is 12.5. The van der Waals surface area contributed by atoms with Gasteiger partial charge >= 0.3 is 0 Å². The lowest BCUT2D eigenvalue weighted by molar-refractivity contribution is -0.144. The van der Waals surface area contributed by atoms with Crippen LogP contribution in [0.1, 0.15) is 0 Å². The molecule has 0 aromatic carbocycles. The van der Waals surface area contributed by atoms with Crippen molar-refractivity contribution in [2.45, 2.75) is 0 Å². The smallest absolute Gasteiger partial charge is 0.242 e. The van der Waals surface area contributed by atoms with E-state index in [9.17, 15) is 24.0 Å². The molecule has 19 nitrogen and oxygen atoms in total. The topological polar surface area (TPSA) is 217 Å². The summed E-state index contributed by atoms with van der Waals surface area (Å²) in [7, 11) is 7.43. The van der Waals surface area contributed by atoms with E-state index in [1.165, 1.54) is 47.8 Å². The molecular weight excluding hydrogens is 610 g/mol. The zero-order valence-corrected chi connectivity index (χ0v) is 27.7. The number of hydrogen-bond donors (Lipinski definition) is 2. The van der Waals surface area contributed by atoms with Gasteiger partial charge in [0.25, 0.3) is 0 Å². The number of azide groups is 1. The van der Waals surface area contributed by atoms with Gasteiger partial charge in [0.1, 0.15) is 0 Å². The molecule has 0 aromatic heterocycles. The zero-order chi connectivity index (χ0) is 34.6. The van der Waals surface area contributed by atoms with Gasteiger partial charge in [0, 0.05) is 46.2 Å². The lowest BCUT2D eigenvalue weighted by Gasteiger charge is -2.25. The average molecular weight is 662 g/mol. The van der Waals surface area contributed by atoms with Crippen molar-refractivity contribution in [2.24, 2.45) is 5.11 Å². The van der Waals surface area contributed by atoms with E-state index in [0.717, 1.165) is 0 Å². The molecule has 0 atom stereocenters. The number of ether oxygens (including phenoxy) is 5. The number of rotatable bonds is 28. The molecule has 0 aromatic rings. The van der Waals surface area contributed by atoms with Crippen molar-refractivity contribution in [1.82, 2.24) is 30.2 Å². The van der Waals surface area contributed by atoms with Crippen molar-refractivity contribution in [3.8, 4) is 0 Å². The molecule has 0 saturated heterocycles. The van der Waals surface area contributed by atoms with Crippen LogP contribution in [0.3, 0.4) is 0 Å². The van der Waals surface area contributed by atoms with E-state index >= 15 is 0 Å². The van der Waals surface area contributed by atoms with Gasteiger partial charge in [0.2, 0.25) is 29.5 Å². The Morgan fingerprint density at radius 2 is 0.957 bits per heavy atom. The maximum absolute atomic E-state index is 12.5. The number of carbonyl (C=O) groups is 5. The van der Waals surface area contributed by atoms with Crippen molar-refractivity contribution in [3.63, 3.8) is 0 Å². The van der Waals surface area contributed by atoms with Crippen LogP contribution in [-0.4, -0.2) is 196 Å². The normalized spacial score (nSPS) is 10.5. The lowest BCUT2D eigenvalue weighted by Crippen LogP contribution is -2.48. The first-order valence-electron chi connectivity index (χ1n) is 14.8. The predicted octanol–water partition coefficient (Wildman–Crippen LogP) is -2.45. The fraction of sp³-hybridized carbons (Fsp3) is 0.815. The third-order valence-electron chi connectivity index (χ3n) is 5.98. The van der Waals surface area contributed by atoms with Crippen LogP contribution in [0.5, 0.6) is 0 Å². The van der Waals surface area contributed by atoms with Crippen LogP contribution in [0.2, 0.25) is 0 Å². The fourth-order valence-corrected chi connectivity index (χ4v) is 3.28. The summed E-state index contributed by atoms with van der Waals surface area (Å²) in [6.07, 6.45) is 0. The first-order chi connectivity index (χ1) is 22.0. The molecule has 0 spiro atoms. The summed E-state index contributed by atoms with van der Waals surface area (Å²) in [6, 6.07) is 0. The molecule has 0 unspecified atom stereocenters. The van der Waals surface area contributed by atoms with Crippen molar-refractivity contribution < 1.29 is 47.7 Å². The monoisotopic (exact) mass is 661 g/mol. The molecule has 0 aliphatic heterocycles. The molecule has 0 bridgehead atoms. The maximum Gasteiger partial charge on any atom is 0.242 e. The molecule has 0 radical (unpaired) electrons. The molecule has 264 valence electrons. The van der Waals surface area contributed by atoms with Crippen LogP contribution < -0.4 is 10.6 Å². The second-order valence-corrected chi connectivity index (χ2v) is 9.90. The van der Waals surface area contributed by atoms with Crippen LogP contribution in [-0.2, 0) is 47.7 Å². The minimum atomic E-state index is -0.468. The molecular formula is C27H51N9O10. The third-order valence-corrected chi connectivity index (χ3v) is 5.98. The van der Waals surface area contributed by atoms with Gasteiger partial charge in [-0.2, -0.15) is 0 Å². The van der Waals surface area contributed by atoms with E-state index in [-0.39, 0.29) is 57.7 Å². The molecule has 0 fully saturated rings. The van der Waals surface area contributed by atoms with Crippen molar-refractivity contribution in [1.29, 1.82) is 0 Å². The number of likely N-dealkylation sites (N-methyl/N-ethyl adjacent to an activating group) is 5. The van der Waals surface area contributed by atoms with E-state index in [2.05, 4.69) is 20.7 Å². The first kappa shape index (κ1) is 42.4. The summed E-state index contributed by atoms with van der Waals surface area (Å²) in [5.74, 6) is -1.99. The van der Waals surface area contributed by atoms with E-state index in [4.69, 9.17) is 29.2 Å². The Morgan fingerprint density at radius 3 is 1.37 bits per heavy atom. The predicted molar refractivity (Wildman–Crippen MR) is 166 cm³/mol. The van der Waals surface area contributed by atoms with Crippen molar-refractivity contribution in [2.75, 3.05) is 147 Å². The summed E-state index contributed by atoms with van der Waals surface area (Å²) in [6.45, 7) is 3.53. The number of nitrogens with one attached hydrogen (secondary N) is 2. The number of carbonyl (C=O) groups excluding carboxylic acids is 5. The first-order valence-corrected chi connectivity index (χ1v) is 14.8. The Hall–Kier alpha value is -3.58. The van der Waals surface area contributed by atoms with Gasteiger partial charge in [0.05, 0.1) is 98.8 Å². The van der Waals surface area contributed by atoms with E-state index in [1.54, 1.807) is 7.05 Å². The minimum absolute atomic E-state index is 0.0884. The van der Waals surface area contributed by atoms with Gasteiger partial charge < -0.3 is 53.9 Å². The Morgan fingerprint density at radius 1 is 0.587 bits per heavy atom. The van der Waals surface area contributed by atoms with E-state index < -0.39 is 17.7 Å². The van der Waals surface area contributed by atoms with Gasteiger partial charge in [-0.3, -0.25) is 24.0 Å². The highest BCUT2D eigenvalue weighted by molar-refractivity contribution is 5.91. The highest BCUT2D eigenvalue weighted by Gasteiger charge is 2.22. The molecule has 0 saturated carbocycles. The second-order valence-electron chi connectivity index (χ2n) is 9.90.